The summed E-state index contributed by atoms with van der Waals surface area (Å²) in [7, 11) is 0. The van der Waals surface area contributed by atoms with Gasteiger partial charge in [-0.2, -0.15) is 0 Å². The molecular formula is C20H17N3O3. The van der Waals surface area contributed by atoms with Crippen LogP contribution in [0.25, 0.3) is 22.1 Å². The highest BCUT2D eigenvalue weighted by Gasteiger charge is 2.15. The van der Waals surface area contributed by atoms with Crippen molar-refractivity contribution in [2.75, 3.05) is 11.9 Å². The molecule has 2 heterocycles. The molecule has 4 aromatic rings. The first kappa shape index (κ1) is 16.1. The second-order valence-electron chi connectivity index (χ2n) is 5.82. The normalized spacial score (nSPS) is 11.0. The number of hydrogen-bond donors (Lipinski definition) is 1. The van der Waals surface area contributed by atoms with Crippen LogP contribution in [0.2, 0.25) is 0 Å². The van der Waals surface area contributed by atoms with E-state index in [4.69, 9.17) is 9.15 Å². The quantitative estimate of drug-likeness (QED) is 0.543. The van der Waals surface area contributed by atoms with Crippen molar-refractivity contribution in [3.63, 3.8) is 0 Å². The van der Waals surface area contributed by atoms with E-state index in [2.05, 4.69) is 15.3 Å². The number of carbonyl (C=O) groups excluding carboxylic acids is 1. The van der Waals surface area contributed by atoms with Crippen molar-refractivity contribution in [1.82, 2.24) is 9.97 Å². The Morgan fingerprint density at radius 1 is 1.12 bits per heavy atom. The highest BCUT2D eigenvalue weighted by Crippen LogP contribution is 2.32. The van der Waals surface area contributed by atoms with Crippen LogP contribution in [0, 0.1) is 6.92 Å². The second-order valence-corrected chi connectivity index (χ2v) is 5.82. The highest BCUT2D eigenvalue weighted by molar-refractivity contribution is 6.06. The molecule has 0 saturated carbocycles. The summed E-state index contributed by atoms with van der Waals surface area (Å²) < 4.78 is 10.9. The van der Waals surface area contributed by atoms with Gasteiger partial charge in [0.25, 0.3) is 0 Å². The third-order valence-electron chi connectivity index (χ3n) is 3.99. The first-order valence-corrected chi connectivity index (χ1v) is 8.36. The predicted octanol–water partition coefficient (Wildman–Crippen LogP) is 4.60. The smallest absolute Gasteiger partial charge is 0.338 e. The van der Waals surface area contributed by atoms with Gasteiger partial charge in [0.15, 0.2) is 11.4 Å². The summed E-state index contributed by atoms with van der Waals surface area (Å²) in [4.78, 5) is 20.7. The van der Waals surface area contributed by atoms with Gasteiger partial charge in [-0.15, -0.1) is 0 Å². The summed E-state index contributed by atoms with van der Waals surface area (Å²) in [6, 6.07) is 14.8. The third kappa shape index (κ3) is 2.86. The summed E-state index contributed by atoms with van der Waals surface area (Å²) in [5.41, 5.74) is 3.44. The summed E-state index contributed by atoms with van der Waals surface area (Å²) in [6.07, 6.45) is 0. The Kier molecular flexibility index (Phi) is 4.01. The molecule has 0 spiro atoms. The molecule has 0 aliphatic heterocycles. The molecule has 0 aliphatic rings. The van der Waals surface area contributed by atoms with E-state index in [0.29, 0.717) is 29.4 Å². The maximum Gasteiger partial charge on any atom is 0.338 e. The lowest BCUT2D eigenvalue weighted by Crippen LogP contribution is -2.04. The number of aryl methyl sites for hydroxylation is 1. The molecule has 0 fully saturated rings. The number of hydrogen-bond acceptors (Lipinski definition) is 6. The largest absolute Gasteiger partial charge is 0.462 e. The number of nitrogens with one attached hydrogen (secondary N) is 1. The number of fused-ring (bicyclic) bond motifs is 3. The van der Waals surface area contributed by atoms with Gasteiger partial charge in [0.1, 0.15) is 16.9 Å². The van der Waals surface area contributed by atoms with Crippen LogP contribution in [0.4, 0.5) is 11.5 Å². The molecule has 26 heavy (non-hydrogen) atoms. The number of esters is 1. The molecule has 1 N–H and O–H groups in total. The van der Waals surface area contributed by atoms with Crippen LogP contribution in [-0.2, 0) is 4.74 Å². The number of anilines is 2. The predicted molar refractivity (Wildman–Crippen MR) is 99.7 cm³/mol. The van der Waals surface area contributed by atoms with Crippen LogP contribution in [0.3, 0.4) is 0 Å². The fraction of sp³-hybridized carbons (Fsp3) is 0.150. The number of ether oxygens (including phenoxy) is 1. The molecule has 0 bridgehead atoms. The first-order chi connectivity index (χ1) is 12.7. The van der Waals surface area contributed by atoms with E-state index in [0.717, 1.165) is 22.2 Å². The molecule has 2 aromatic carbocycles. The number of para-hydroxylation sites is 1. The molecule has 6 nitrogen and oxygen atoms in total. The van der Waals surface area contributed by atoms with Gasteiger partial charge in [0.2, 0.25) is 0 Å². The van der Waals surface area contributed by atoms with Crippen molar-refractivity contribution in [2.24, 2.45) is 0 Å². The number of nitrogens with zero attached hydrogens (tertiary/aromatic N) is 2. The van der Waals surface area contributed by atoms with Crippen LogP contribution < -0.4 is 5.32 Å². The zero-order valence-corrected chi connectivity index (χ0v) is 14.4. The Morgan fingerprint density at radius 2 is 1.88 bits per heavy atom. The van der Waals surface area contributed by atoms with E-state index in [1.807, 2.05) is 31.2 Å². The van der Waals surface area contributed by atoms with Crippen molar-refractivity contribution in [2.45, 2.75) is 13.8 Å². The van der Waals surface area contributed by atoms with Gasteiger partial charge in [0.05, 0.1) is 12.2 Å². The third-order valence-corrected chi connectivity index (χ3v) is 3.99. The Bertz CT molecular complexity index is 1100. The molecule has 0 atom stereocenters. The van der Waals surface area contributed by atoms with Crippen LogP contribution in [0.5, 0.6) is 0 Å². The first-order valence-electron chi connectivity index (χ1n) is 8.36. The van der Waals surface area contributed by atoms with E-state index in [1.165, 1.54) is 0 Å². The summed E-state index contributed by atoms with van der Waals surface area (Å²) in [6.45, 7) is 3.98. The monoisotopic (exact) mass is 347 g/mol. The lowest BCUT2D eigenvalue weighted by molar-refractivity contribution is 0.0526. The molecule has 0 amide bonds. The molecule has 6 heteroatoms. The summed E-state index contributed by atoms with van der Waals surface area (Å²) >= 11 is 0. The number of aromatic nitrogens is 2. The fourth-order valence-electron chi connectivity index (χ4n) is 2.83. The number of benzene rings is 2. The minimum absolute atomic E-state index is 0.336. The van der Waals surface area contributed by atoms with Gasteiger partial charge < -0.3 is 14.5 Å². The van der Waals surface area contributed by atoms with E-state index < -0.39 is 0 Å². The zero-order valence-electron chi connectivity index (χ0n) is 14.4. The van der Waals surface area contributed by atoms with Crippen molar-refractivity contribution in [3.05, 3.63) is 59.9 Å². The summed E-state index contributed by atoms with van der Waals surface area (Å²) in [5.74, 6) is 0.902. The molecule has 0 aliphatic carbocycles. The topological polar surface area (TPSA) is 77.2 Å². The molecular weight excluding hydrogens is 330 g/mol. The van der Waals surface area contributed by atoms with Gasteiger partial charge in [-0.05, 0) is 50.2 Å². The second kappa shape index (κ2) is 6.48. The fourth-order valence-corrected chi connectivity index (χ4v) is 2.83. The average Bonchev–Trinajstić information content (AvgIpc) is 3.01. The van der Waals surface area contributed by atoms with E-state index in [9.17, 15) is 4.79 Å². The van der Waals surface area contributed by atoms with Gasteiger partial charge >= 0.3 is 5.97 Å². The number of rotatable bonds is 4. The number of furan rings is 1. The van der Waals surface area contributed by atoms with Gasteiger partial charge in [-0.1, -0.05) is 12.1 Å². The standard InChI is InChI=1S/C20H17N3O3/c1-3-25-20(24)13-8-10-14(11-9-13)23-19-18-17(21-12(2)22-19)15-6-4-5-7-16(15)26-18/h4-11H,3H2,1-2H3,(H,21,22,23). The van der Waals surface area contributed by atoms with Crippen molar-refractivity contribution >= 4 is 39.5 Å². The van der Waals surface area contributed by atoms with Gasteiger partial charge in [-0.25, -0.2) is 14.8 Å². The Balaban J connectivity index is 1.72. The van der Waals surface area contributed by atoms with Crippen molar-refractivity contribution in [3.8, 4) is 0 Å². The van der Waals surface area contributed by atoms with Crippen LogP contribution in [0.1, 0.15) is 23.1 Å². The SMILES string of the molecule is CCOC(=O)c1ccc(Nc2nc(C)nc3c2oc2ccccc23)cc1. The van der Waals surface area contributed by atoms with Crippen LogP contribution in [0.15, 0.2) is 52.9 Å². The molecule has 0 saturated heterocycles. The van der Waals surface area contributed by atoms with Gasteiger partial charge in [0, 0.05) is 11.1 Å². The maximum atomic E-state index is 11.8. The molecule has 0 radical (unpaired) electrons. The molecule has 130 valence electrons. The molecule has 2 aromatic heterocycles. The summed E-state index contributed by atoms with van der Waals surface area (Å²) in [5, 5.41) is 4.20. The van der Waals surface area contributed by atoms with Crippen LogP contribution >= 0.6 is 0 Å². The minimum Gasteiger partial charge on any atom is -0.462 e. The average molecular weight is 347 g/mol. The Labute approximate surface area is 149 Å². The van der Waals surface area contributed by atoms with E-state index in [-0.39, 0.29) is 5.97 Å². The van der Waals surface area contributed by atoms with Crippen molar-refractivity contribution in [1.29, 1.82) is 0 Å². The highest BCUT2D eigenvalue weighted by atomic mass is 16.5. The lowest BCUT2D eigenvalue weighted by Gasteiger charge is -2.08. The van der Waals surface area contributed by atoms with Crippen LogP contribution in [-0.4, -0.2) is 22.5 Å². The van der Waals surface area contributed by atoms with Gasteiger partial charge in [-0.3, -0.25) is 0 Å². The maximum absolute atomic E-state index is 11.8. The Morgan fingerprint density at radius 3 is 2.65 bits per heavy atom. The minimum atomic E-state index is -0.336. The van der Waals surface area contributed by atoms with E-state index >= 15 is 0 Å². The molecule has 4 rings (SSSR count). The molecule has 0 unspecified atom stereocenters. The Hall–Kier alpha value is -3.41. The van der Waals surface area contributed by atoms with E-state index in [1.54, 1.807) is 31.2 Å². The lowest BCUT2D eigenvalue weighted by atomic mass is 10.2. The van der Waals surface area contributed by atoms with Crippen molar-refractivity contribution < 1.29 is 13.9 Å². The number of carbonyl (C=O) groups is 1. The zero-order chi connectivity index (χ0) is 18.1.